The van der Waals surface area contributed by atoms with E-state index < -0.39 is 0 Å². The number of carbonyl (C=O) groups is 1. The second-order valence-corrected chi connectivity index (χ2v) is 9.01. The van der Waals surface area contributed by atoms with E-state index in [1.54, 1.807) is 17.7 Å². The molecule has 0 aliphatic rings. The Morgan fingerprint density at radius 1 is 1.40 bits per heavy atom. The molecule has 1 unspecified atom stereocenters. The Morgan fingerprint density at radius 3 is 2.68 bits per heavy atom. The molecule has 25 heavy (non-hydrogen) atoms. The van der Waals surface area contributed by atoms with Gasteiger partial charge in [0.25, 0.3) is 0 Å². The summed E-state index contributed by atoms with van der Waals surface area (Å²) in [7, 11) is 0. The molecule has 5 nitrogen and oxygen atoms in total. The van der Waals surface area contributed by atoms with Gasteiger partial charge in [-0.2, -0.15) is 0 Å². The minimum Gasteiger partial charge on any atom is -0.349 e. The van der Waals surface area contributed by atoms with E-state index in [1.165, 1.54) is 22.2 Å². The van der Waals surface area contributed by atoms with Crippen LogP contribution in [0.2, 0.25) is 0 Å². The molecule has 0 aromatic carbocycles. The molecule has 0 aliphatic heterocycles. The molecule has 140 valence electrons. The Labute approximate surface area is 164 Å². The van der Waals surface area contributed by atoms with Gasteiger partial charge in [-0.15, -0.1) is 23.7 Å². The van der Waals surface area contributed by atoms with Crippen molar-refractivity contribution in [2.75, 3.05) is 12.3 Å². The lowest BCUT2D eigenvalue weighted by molar-refractivity contribution is -0.120. The van der Waals surface area contributed by atoms with E-state index in [0.29, 0.717) is 18.2 Å². The number of hydrogen-bond acceptors (Lipinski definition) is 6. The number of halogens is 1. The Morgan fingerprint density at radius 2 is 2.08 bits per heavy atom. The molecule has 0 spiro atoms. The normalized spacial score (nSPS) is 13.6. The Bertz CT molecular complexity index is 735. The number of nitrogens with one attached hydrogen (secondary N) is 1. The van der Waals surface area contributed by atoms with Crippen LogP contribution < -0.4 is 11.1 Å². The van der Waals surface area contributed by atoms with Crippen molar-refractivity contribution in [2.24, 2.45) is 11.7 Å². The molecular weight excluding hydrogens is 376 g/mol. The van der Waals surface area contributed by atoms with Crippen molar-refractivity contribution in [1.29, 1.82) is 0 Å². The van der Waals surface area contributed by atoms with Crippen LogP contribution in [0.15, 0.2) is 11.4 Å². The fraction of sp³-hybridized carbons (Fsp3) is 0.588. The summed E-state index contributed by atoms with van der Waals surface area (Å²) in [6.07, 6.45) is 2.43. The lowest BCUT2D eigenvalue weighted by Gasteiger charge is -2.31. The predicted molar refractivity (Wildman–Crippen MR) is 110 cm³/mol. The number of nitrogens with zero attached hydrogens (tertiary/aromatic N) is 2. The van der Waals surface area contributed by atoms with E-state index >= 15 is 0 Å². The molecule has 2 aromatic heterocycles. The summed E-state index contributed by atoms with van der Waals surface area (Å²) in [4.78, 5) is 23.3. The molecule has 0 radical (unpaired) electrons. The molecule has 2 heterocycles. The van der Waals surface area contributed by atoms with Crippen molar-refractivity contribution in [1.82, 2.24) is 15.3 Å². The van der Waals surface area contributed by atoms with Gasteiger partial charge in [-0.1, -0.05) is 25.6 Å². The van der Waals surface area contributed by atoms with Crippen LogP contribution in [0.25, 0.3) is 10.2 Å². The monoisotopic (exact) mass is 402 g/mol. The standard InChI is InChI=1S/C17H26N4OS2.ClH/c1-10(2)6-17(5,8-18)21-13(22)7-23-15-14-11(3)12(4)24-16(14)20-9-19-15;/h9-10H,6-8,18H2,1-5H3,(H,21,22);1H. The fourth-order valence-electron chi connectivity index (χ4n) is 2.85. The summed E-state index contributed by atoms with van der Waals surface area (Å²) < 4.78 is 0. The van der Waals surface area contributed by atoms with Crippen LogP contribution in [-0.2, 0) is 4.79 Å². The zero-order valence-corrected chi connectivity index (χ0v) is 17.8. The summed E-state index contributed by atoms with van der Waals surface area (Å²) in [5, 5.41) is 5.03. The molecule has 0 aliphatic carbocycles. The maximum atomic E-state index is 12.4. The predicted octanol–water partition coefficient (Wildman–Crippen LogP) is 3.70. The largest absolute Gasteiger partial charge is 0.349 e. The number of amides is 1. The van der Waals surface area contributed by atoms with Crippen molar-refractivity contribution in [3.05, 3.63) is 16.8 Å². The number of aryl methyl sites for hydroxylation is 2. The second kappa shape index (κ2) is 9.16. The van der Waals surface area contributed by atoms with Crippen LogP contribution in [0.4, 0.5) is 0 Å². The van der Waals surface area contributed by atoms with Crippen LogP contribution in [-0.4, -0.2) is 33.7 Å². The van der Waals surface area contributed by atoms with Crippen molar-refractivity contribution in [3.63, 3.8) is 0 Å². The van der Waals surface area contributed by atoms with Gasteiger partial charge in [-0.25, -0.2) is 9.97 Å². The summed E-state index contributed by atoms with van der Waals surface area (Å²) in [6, 6.07) is 0. The molecule has 0 bridgehead atoms. The number of hydrogen-bond donors (Lipinski definition) is 2. The maximum Gasteiger partial charge on any atom is 0.230 e. The van der Waals surface area contributed by atoms with Crippen molar-refractivity contribution in [2.45, 2.75) is 51.6 Å². The molecule has 1 amide bonds. The van der Waals surface area contributed by atoms with Crippen LogP contribution in [0, 0.1) is 19.8 Å². The van der Waals surface area contributed by atoms with Crippen molar-refractivity contribution in [3.8, 4) is 0 Å². The third-order valence-corrected chi connectivity index (χ3v) is 6.13. The van der Waals surface area contributed by atoms with Gasteiger partial charge in [0.2, 0.25) is 5.91 Å². The SMILES string of the molecule is Cc1sc2ncnc(SCC(=O)NC(C)(CN)CC(C)C)c2c1C.Cl. The number of nitrogens with two attached hydrogens (primary N) is 1. The Kier molecular flexibility index (Phi) is 8.12. The third-order valence-electron chi connectivity index (χ3n) is 4.02. The van der Waals surface area contributed by atoms with E-state index in [2.05, 4.69) is 43.0 Å². The van der Waals surface area contributed by atoms with Gasteiger partial charge in [0.05, 0.1) is 5.75 Å². The van der Waals surface area contributed by atoms with Gasteiger partial charge in [0.1, 0.15) is 16.2 Å². The number of aromatic nitrogens is 2. The zero-order chi connectivity index (χ0) is 17.9. The lowest BCUT2D eigenvalue weighted by Crippen LogP contribution is -2.52. The molecular formula is C17H27ClN4OS2. The highest BCUT2D eigenvalue weighted by molar-refractivity contribution is 8.00. The summed E-state index contributed by atoms with van der Waals surface area (Å²) in [5.41, 5.74) is 6.71. The maximum absolute atomic E-state index is 12.4. The van der Waals surface area contributed by atoms with E-state index in [-0.39, 0.29) is 23.9 Å². The van der Waals surface area contributed by atoms with E-state index in [1.807, 2.05) is 6.92 Å². The molecule has 0 fully saturated rings. The summed E-state index contributed by atoms with van der Waals surface area (Å²) >= 11 is 3.12. The highest BCUT2D eigenvalue weighted by atomic mass is 35.5. The molecule has 0 saturated heterocycles. The quantitative estimate of drug-likeness (QED) is 0.545. The van der Waals surface area contributed by atoms with Crippen LogP contribution in [0.3, 0.4) is 0 Å². The minimum absolute atomic E-state index is 0. The van der Waals surface area contributed by atoms with Crippen molar-refractivity contribution >= 4 is 51.6 Å². The molecule has 3 N–H and O–H groups in total. The Balaban J connectivity index is 0.00000312. The Hall–Kier alpha value is -0.890. The average Bonchev–Trinajstić information content (AvgIpc) is 2.80. The van der Waals surface area contributed by atoms with Gasteiger partial charge in [0.15, 0.2) is 0 Å². The molecule has 2 rings (SSSR count). The van der Waals surface area contributed by atoms with E-state index in [0.717, 1.165) is 21.7 Å². The van der Waals surface area contributed by atoms with Crippen LogP contribution in [0.1, 0.15) is 37.6 Å². The van der Waals surface area contributed by atoms with Gasteiger partial charge in [0, 0.05) is 22.3 Å². The molecule has 2 aromatic rings. The van der Waals surface area contributed by atoms with Gasteiger partial charge >= 0.3 is 0 Å². The molecule has 0 saturated carbocycles. The number of thiophene rings is 1. The zero-order valence-electron chi connectivity index (χ0n) is 15.4. The first-order valence-corrected chi connectivity index (χ1v) is 9.90. The van der Waals surface area contributed by atoms with Gasteiger partial charge in [-0.3, -0.25) is 4.79 Å². The fourth-order valence-corrected chi connectivity index (χ4v) is 4.77. The first-order chi connectivity index (χ1) is 11.3. The molecule has 1 atom stereocenters. The lowest BCUT2D eigenvalue weighted by atomic mass is 9.91. The number of thioether (sulfide) groups is 1. The van der Waals surface area contributed by atoms with Crippen molar-refractivity contribution < 1.29 is 4.79 Å². The number of carbonyl (C=O) groups excluding carboxylic acids is 1. The van der Waals surface area contributed by atoms with E-state index in [9.17, 15) is 4.79 Å². The van der Waals surface area contributed by atoms with Crippen LogP contribution >= 0.6 is 35.5 Å². The minimum atomic E-state index is -0.359. The van der Waals surface area contributed by atoms with E-state index in [4.69, 9.17) is 5.73 Å². The third kappa shape index (κ3) is 5.54. The highest BCUT2D eigenvalue weighted by Crippen LogP contribution is 2.34. The highest BCUT2D eigenvalue weighted by Gasteiger charge is 2.26. The summed E-state index contributed by atoms with van der Waals surface area (Å²) in [5.74, 6) is 0.795. The van der Waals surface area contributed by atoms with Gasteiger partial charge in [-0.05, 0) is 38.7 Å². The number of rotatable bonds is 7. The first kappa shape index (κ1) is 22.2. The summed E-state index contributed by atoms with van der Waals surface area (Å²) in [6.45, 7) is 10.9. The van der Waals surface area contributed by atoms with Crippen LogP contribution in [0.5, 0.6) is 0 Å². The average molecular weight is 403 g/mol. The second-order valence-electron chi connectivity index (χ2n) is 6.84. The molecule has 8 heteroatoms. The smallest absolute Gasteiger partial charge is 0.230 e. The topological polar surface area (TPSA) is 80.9 Å². The van der Waals surface area contributed by atoms with Gasteiger partial charge < -0.3 is 11.1 Å². The first-order valence-electron chi connectivity index (χ1n) is 8.10. The number of fused-ring (bicyclic) bond motifs is 1.